The summed E-state index contributed by atoms with van der Waals surface area (Å²) < 4.78 is 59.1. The Labute approximate surface area is 184 Å². The summed E-state index contributed by atoms with van der Waals surface area (Å²) in [6.45, 7) is -0.333. The van der Waals surface area contributed by atoms with Crippen LogP contribution in [0.15, 0.2) is 65.3 Å². The van der Waals surface area contributed by atoms with Gasteiger partial charge in [-0.05, 0) is 54.6 Å². The lowest BCUT2D eigenvalue weighted by atomic mass is 10.2. The number of furan rings is 1. The predicted octanol–water partition coefficient (Wildman–Crippen LogP) is 4.20. The normalized spacial score (nSPS) is 11.5. The molecule has 4 aromatic rings. The van der Waals surface area contributed by atoms with Crippen LogP contribution in [-0.4, -0.2) is 27.9 Å². The highest BCUT2D eigenvalue weighted by Crippen LogP contribution is 2.32. The van der Waals surface area contributed by atoms with E-state index in [2.05, 4.69) is 15.6 Å². The molecule has 33 heavy (non-hydrogen) atoms. The summed E-state index contributed by atoms with van der Waals surface area (Å²) in [7, 11) is 0. The second-order valence-corrected chi connectivity index (χ2v) is 7.04. The van der Waals surface area contributed by atoms with Crippen LogP contribution >= 0.6 is 0 Å². The second-order valence-electron chi connectivity index (χ2n) is 7.04. The topological polar surface area (TPSA) is 89.2 Å². The number of carbonyl (C=O) groups excluding carboxylic acids is 2. The average Bonchev–Trinajstić information content (AvgIpc) is 3.40. The van der Waals surface area contributed by atoms with Crippen LogP contribution < -0.4 is 10.6 Å². The molecule has 11 heteroatoms. The minimum absolute atomic E-state index is 0.0123. The molecule has 7 nitrogen and oxygen atoms in total. The lowest BCUT2D eigenvalue weighted by Gasteiger charge is -2.10. The van der Waals surface area contributed by atoms with Crippen molar-refractivity contribution in [1.29, 1.82) is 0 Å². The van der Waals surface area contributed by atoms with Gasteiger partial charge in [0, 0.05) is 5.56 Å². The fourth-order valence-corrected chi connectivity index (χ4v) is 3.15. The molecule has 0 saturated heterocycles. The third-order valence-electron chi connectivity index (χ3n) is 4.74. The molecular formula is C22H16F4N4O3. The molecule has 170 valence electrons. The minimum atomic E-state index is -4.55. The molecule has 0 unspecified atom stereocenters. The molecule has 0 aliphatic carbocycles. The molecule has 0 aliphatic rings. The van der Waals surface area contributed by atoms with Crippen LogP contribution in [0.4, 0.5) is 23.5 Å². The molecule has 0 saturated carbocycles. The molecule has 0 spiro atoms. The summed E-state index contributed by atoms with van der Waals surface area (Å²) >= 11 is 0. The van der Waals surface area contributed by atoms with Gasteiger partial charge >= 0.3 is 6.18 Å². The first-order chi connectivity index (χ1) is 15.7. The third kappa shape index (κ3) is 5.03. The zero-order chi connectivity index (χ0) is 23.6. The van der Waals surface area contributed by atoms with Crippen LogP contribution in [-0.2, 0) is 17.5 Å². The number of fused-ring (bicyclic) bond motifs is 1. The molecule has 4 rings (SSSR count). The van der Waals surface area contributed by atoms with E-state index in [0.29, 0.717) is 11.3 Å². The highest BCUT2D eigenvalue weighted by atomic mass is 19.4. The van der Waals surface area contributed by atoms with Crippen LogP contribution in [0, 0.1) is 5.82 Å². The predicted molar refractivity (Wildman–Crippen MR) is 110 cm³/mol. The molecule has 0 aliphatic heterocycles. The van der Waals surface area contributed by atoms with Gasteiger partial charge < -0.3 is 14.3 Å². The van der Waals surface area contributed by atoms with Crippen LogP contribution in [0.2, 0.25) is 0 Å². The Hall–Kier alpha value is -4.15. The van der Waals surface area contributed by atoms with E-state index in [9.17, 15) is 27.2 Å². The van der Waals surface area contributed by atoms with Gasteiger partial charge in [0.2, 0.25) is 11.9 Å². The van der Waals surface area contributed by atoms with Gasteiger partial charge in [0.1, 0.15) is 11.6 Å². The number of anilines is 1. The Balaban J connectivity index is 1.55. The SMILES string of the molecule is O=C(CNC(=O)c1ccc(F)cc1)Nc1nc2cc(C(F)(F)F)ccc2n1Cc1ccco1. The van der Waals surface area contributed by atoms with Gasteiger partial charge in [0.25, 0.3) is 5.91 Å². The van der Waals surface area contributed by atoms with Crippen LogP contribution in [0.5, 0.6) is 0 Å². The fourth-order valence-electron chi connectivity index (χ4n) is 3.15. The van der Waals surface area contributed by atoms with Crippen molar-refractivity contribution in [3.8, 4) is 0 Å². The molecule has 2 heterocycles. The number of alkyl halides is 3. The summed E-state index contributed by atoms with van der Waals surface area (Å²) in [4.78, 5) is 28.7. The van der Waals surface area contributed by atoms with E-state index < -0.39 is 35.9 Å². The zero-order valence-electron chi connectivity index (χ0n) is 16.8. The summed E-state index contributed by atoms with van der Waals surface area (Å²) in [5.74, 6) is -1.27. The lowest BCUT2D eigenvalue weighted by Crippen LogP contribution is -2.33. The highest BCUT2D eigenvalue weighted by molar-refractivity contribution is 5.99. The van der Waals surface area contributed by atoms with E-state index in [1.54, 1.807) is 12.1 Å². The average molecular weight is 460 g/mol. The number of nitrogens with zero attached hydrogens (tertiary/aromatic N) is 2. The first-order valence-corrected chi connectivity index (χ1v) is 9.64. The van der Waals surface area contributed by atoms with Crippen molar-refractivity contribution in [1.82, 2.24) is 14.9 Å². The van der Waals surface area contributed by atoms with E-state index in [1.165, 1.54) is 29.0 Å². The monoisotopic (exact) mass is 460 g/mol. The Morgan fingerprint density at radius 3 is 2.48 bits per heavy atom. The number of rotatable bonds is 6. The number of hydrogen-bond acceptors (Lipinski definition) is 4. The summed E-state index contributed by atoms with van der Waals surface area (Å²) in [5, 5.41) is 4.89. The van der Waals surface area contributed by atoms with Gasteiger partial charge in [0.15, 0.2) is 0 Å². The molecule has 2 aromatic carbocycles. The number of aromatic nitrogens is 2. The van der Waals surface area contributed by atoms with Crippen molar-refractivity contribution in [2.45, 2.75) is 12.7 Å². The van der Waals surface area contributed by atoms with Gasteiger partial charge in [-0.25, -0.2) is 9.37 Å². The van der Waals surface area contributed by atoms with Gasteiger partial charge in [-0.1, -0.05) is 0 Å². The first-order valence-electron chi connectivity index (χ1n) is 9.64. The lowest BCUT2D eigenvalue weighted by molar-refractivity contribution is -0.137. The number of amides is 2. The third-order valence-corrected chi connectivity index (χ3v) is 4.74. The van der Waals surface area contributed by atoms with Gasteiger partial charge in [-0.15, -0.1) is 0 Å². The molecule has 2 aromatic heterocycles. The van der Waals surface area contributed by atoms with Crippen molar-refractivity contribution in [3.63, 3.8) is 0 Å². The largest absolute Gasteiger partial charge is 0.467 e. The Kier molecular flexibility index (Phi) is 5.86. The Bertz CT molecular complexity index is 1300. The summed E-state index contributed by atoms with van der Waals surface area (Å²) in [5.41, 5.74) is -0.330. The Morgan fingerprint density at radius 2 is 1.82 bits per heavy atom. The van der Waals surface area contributed by atoms with Crippen molar-refractivity contribution >= 4 is 28.8 Å². The number of halogens is 4. The van der Waals surface area contributed by atoms with Crippen molar-refractivity contribution in [3.05, 3.63) is 83.6 Å². The molecule has 0 atom stereocenters. The molecule has 0 fully saturated rings. The van der Waals surface area contributed by atoms with E-state index in [0.717, 1.165) is 24.3 Å². The van der Waals surface area contributed by atoms with E-state index in [-0.39, 0.29) is 23.6 Å². The number of imidazole rings is 1. The van der Waals surface area contributed by atoms with E-state index in [1.807, 2.05) is 0 Å². The van der Waals surface area contributed by atoms with Gasteiger partial charge in [-0.3, -0.25) is 14.9 Å². The minimum Gasteiger partial charge on any atom is -0.467 e. The second kappa shape index (κ2) is 8.77. The number of carbonyl (C=O) groups is 2. The molecule has 0 bridgehead atoms. The summed E-state index contributed by atoms with van der Waals surface area (Å²) in [6.07, 6.45) is -3.10. The standard InChI is InChI=1S/C22H16F4N4O3/c23-15-6-3-13(4-7-15)20(32)27-11-19(31)29-21-28-17-10-14(22(24,25)26)5-8-18(17)30(21)12-16-2-1-9-33-16/h1-10H,11-12H2,(H,27,32)(H,28,29,31). The van der Waals surface area contributed by atoms with Crippen LogP contribution in [0.25, 0.3) is 11.0 Å². The smallest absolute Gasteiger partial charge is 0.416 e. The number of hydrogen-bond donors (Lipinski definition) is 2. The van der Waals surface area contributed by atoms with Gasteiger partial charge in [-0.2, -0.15) is 13.2 Å². The molecule has 2 N–H and O–H groups in total. The van der Waals surface area contributed by atoms with Gasteiger partial charge in [0.05, 0.1) is 35.9 Å². The molecular weight excluding hydrogens is 444 g/mol. The molecule has 0 radical (unpaired) electrons. The maximum Gasteiger partial charge on any atom is 0.416 e. The highest BCUT2D eigenvalue weighted by Gasteiger charge is 2.31. The van der Waals surface area contributed by atoms with E-state index >= 15 is 0 Å². The number of nitrogens with one attached hydrogen (secondary N) is 2. The van der Waals surface area contributed by atoms with Crippen LogP contribution in [0.1, 0.15) is 21.7 Å². The maximum absolute atomic E-state index is 13.1. The van der Waals surface area contributed by atoms with Crippen molar-refractivity contribution in [2.75, 3.05) is 11.9 Å². The zero-order valence-corrected chi connectivity index (χ0v) is 16.8. The summed E-state index contributed by atoms with van der Waals surface area (Å²) in [6, 6.07) is 11.2. The Morgan fingerprint density at radius 1 is 1.06 bits per heavy atom. The van der Waals surface area contributed by atoms with E-state index in [4.69, 9.17) is 4.42 Å². The first kappa shape index (κ1) is 22.1. The fraction of sp³-hybridized carbons (Fsp3) is 0.136. The van der Waals surface area contributed by atoms with Crippen LogP contribution in [0.3, 0.4) is 0 Å². The van der Waals surface area contributed by atoms with Crippen molar-refractivity contribution in [2.24, 2.45) is 0 Å². The number of benzene rings is 2. The van der Waals surface area contributed by atoms with Crippen molar-refractivity contribution < 1.29 is 31.6 Å². The molecule has 2 amide bonds. The quantitative estimate of drug-likeness (QED) is 0.422. The maximum atomic E-state index is 13.1.